The van der Waals surface area contributed by atoms with Gasteiger partial charge in [-0.25, -0.2) is 9.59 Å². The first-order chi connectivity index (χ1) is 9.14. The van der Waals surface area contributed by atoms with E-state index >= 15 is 0 Å². The van der Waals surface area contributed by atoms with Crippen LogP contribution in [0.5, 0.6) is 0 Å². The molecule has 0 fully saturated rings. The zero-order valence-corrected chi connectivity index (χ0v) is 15.9. The minimum absolute atomic E-state index is 0.412. The summed E-state index contributed by atoms with van der Waals surface area (Å²) in [7, 11) is 1.33. The number of hydrogen-bond acceptors (Lipinski definition) is 4. The number of hydrogen-bond donors (Lipinski definition) is 1. The van der Waals surface area contributed by atoms with Gasteiger partial charge in [0.2, 0.25) is 0 Å². The molecular weight excluding hydrogens is 488 g/mol. The summed E-state index contributed by atoms with van der Waals surface area (Å²) < 4.78 is 11.4. The molecule has 1 aromatic rings. The molecular formula is C13H15I2NO4. The summed E-state index contributed by atoms with van der Waals surface area (Å²) in [5.41, 5.74) is 0.497. The van der Waals surface area contributed by atoms with Crippen LogP contribution >= 0.6 is 45.2 Å². The maximum atomic E-state index is 11.8. The van der Waals surface area contributed by atoms with Crippen molar-refractivity contribution < 1.29 is 19.1 Å². The predicted molar refractivity (Wildman–Crippen MR) is 93.1 cm³/mol. The van der Waals surface area contributed by atoms with E-state index in [9.17, 15) is 9.59 Å². The summed E-state index contributed by atoms with van der Waals surface area (Å²) >= 11 is 4.10. The first-order valence-corrected chi connectivity index (χ1v) is 7.87. The summed E-state index contributed by atoms with van der Waals surface area (Å²) in [6, 6.07) is 3.31. The molecule has 0 saturated heterocycles. The zero-order valence-electron chi connectivity index (χ0n) is 11.5. The second kappa shape index (κ2) is 6.92. The van der Waals surface area contributed by atoms with Crippen molar-refractivity contribution in [3.05, 3.63) is 24.8 Å². The van der Waals surface area contributed by atoms with Gasteiger partial charge in [0.1, 0.15) is 5.60 Å². The van der Waals surface area contributed by atoms with E-state index in [4.69, 9.17) is 4.74 Å². The van der Waals surface area contributed by atoms with Gasteiger partial charge in [-0.15, -0.1) is 0 Å². The SMILES string of the molecule is COC(=O)c1cc(I)c(NC(=O)OC(C)(C)C)c(I)c1. The van der Waals surface area contributed by atoms with Crippen LogP contribution in [0.2, 0.25) is 0 Å². The third-order valence-electron chi connectivity index (χ3n) is 2.09. The molecule has 0 aromatic heterocycles. The third-order valence-corrected chi connectivity index (χ3v) is 3.79. The molecule has 0 spiro atoms. The monoisotopic (exact) mass is 503 g/mol. The molecule has 1 rings (SSSR count). The number of methoxy groups -OCH3 is 1. The highest BCUT2D eigenvalue weighted by molar-refractivity contribution is 14.1. The number of ether oxygens (including phenoxy) is 2. The lowest BCUT2D eigenvalue weighted by molar-refractivity contribution is 0.0599. The van der Waals surface area contributed by atoms with Crippen molar-refractivity contribution in [2.75, 3.05) is 12.4 Å². The van der Waals surface area contributed by atoms with Crippen LogP contribution in [-0.2, 0) is 9.47 Å². The number of amides is 1. The molecule has 0 unspecified atom stereocenters. The van der Waals surface area contributed by atoms with Crippen LogP contribution in [0.25, 0.3) is 0 Å². The molecule has 1 aromatic carbocycles. The standard InChI is InChI=1S/C13H15I2NO4/c1-13(2,3)20-12(18)16-10-8(14)5-7(6-9(10)15)11(17)19-4/h5-6H,1-4H3,(H,16,18). The van der Waals surface area contributed by atoms with Crippen LogP contribution < -0.4 is 5.32 Å². The van der Waals surface area contributed by atoms with Crippen molar-refractivity contribution in [3.63, 3.8) is 0 Å². The normalized spacial score (nSPS) is 10.9. The van der Waals surface area contributed by atoms with Gasteiger partial charge in [-0.2, -0.15) is 0 Å². The Kier molecular flexibility index (Phi) is 6.05. The second-order valence-electron chi connectivity index (χ2n) is 4.93. The number of nitrogens with one attached hydrogen (secondary N) is 1. The van der Waals surface area contributed by atoms with Gasteiger partial charge in [-0.3, -0.25) is 5.32 Å². The van der Waals surface area contributed by atoms with Gasteiger partial charge in [0.05, 0.1) is 18.4 Å². The lowest BCUT2D eigenvalue weighted by Gasteiger charge is -2.20. The Balaban J connectivity index is 2.98. The Hall–Kier alpha value is -0.580. The molecule has 0 aliphatic rings. The first kappa shape index (κ1) is 17.5. The molecule has 0 bridgehead atoms. The van der Waals surface area contributed by atoms with Crippen molar-refractivity contribution >= 4 is 62.9 Å². The topological polar surface area (TPSA) is 64.6 Å². The molecule has 20 heavy (non-hydrogen) atoms. The van der Waals surface area contributed by atoms with Crippen molar-refractivity contribution in [2.24, 2.45) is 0 Å². The second-order valence-corrected chi connectivity index (χ2v) is 7.26. The zero-order chi connectivity index (χ0) is 15.5. The van der Waals surface area contributed by atoms with Gasteiger partial charge >= 0.3 is 12.1 Å². The van der Waals surface area contributed by atoms with Crippen LogP contribution in [0, 0.1) is 7.14 Å². The smallest absolute Gasteiger partial charge is 0.412 e. The molecule has 0 aliphatic carbocycles. The van der Waals surface area contributed by atoms with Gasteiger partial charge in [-0.1, -0.05) is 0 Å². The fourth-order valence-electron chi connectivity index (χ4n) is 1.33. The first-order valence-electron chi connectivity index (χ1n) is 5.71. The van der Waals surface area contributed by atoms with E-state index in [2.05, 4.69) is 10.1 Å². The lowest BCUT2D eigenvalue weighted by atomic mass is 10.2. The van der Waals surface area contributed by atoms with Crippen molar-refractivity contribution in [1.82, 2.24) is 0 Å². The van der Waals surface area contributed by atoms with Gasteiger partial charge in [0, 0.05) is 7.14 Å². The molecule has 0 radical (unpaired) electrons. The maximum absolute atomic E-state index is 11.8. The molecule has 1 amide bonds. The number of carbonyl (C=O) groups is 2. The third kappa shape index (κ3) is 5.08. The Bertz CT molecular complexity index is 515. The van der Waals surface area contributed by atoms with E-state index in [1.807, 2.05) is 45.2 Å². The van der Waals surface area contributed by atoms with E-state index in [-0.39, 0.29) is 0 Å². The van der Waals surface area contributed by atoms with Gasteiger partial charge in [0.25, 0.3) is 0 Å². The van der Waals surface area contributed by atoms with E-state index in [0.717, 1.165) is 7.14 Å². The number of esters is 1. The highest BCUT2D eigenvalue weighted by Gasteiger charge is 2.19. The van der Waals surface area contributed by atoms with Gasteiger partial charge in [-0.05, 0) is 78.1 Å². The van der Waals surface area contributed by atoms with Crippen LogP contribution in [0.1, 0.15) is 31.1 Å². The molecule has 0 heterocycles. The van der Waals surface area contributed by atoms with Gasteiger partial charge < -0.3 is 9.47 Å². The predicted octanol–water partition coefficient (Wildman–Crippen LogP) is 4.03. The highest BCUT2D eigenvalue weighted by Crippen LogP contribution is 2.27. The summed E-state index contributed by atoms with van der Waals surface area (Å²) in [5.74, 6) is -0.412. The summed E-state index contributed by atoms with van der Waals surface area (Å²) in [4.78, 5) is 23.3. The van der Waals surface area contributed by atoms with Crippen molar-refractivity contribution in [2.45, 2.75) is 26.4 Å². The number of carbonyl (C=O) groups excluding carboxylic acids is 2. The molecule has 1 N–H and O–H groups in total. The van der Waals surface area contributed by atoms with Crippen molar-refractivity contribution in [3.8, 4) is 0 Å². The summed E-state index contributed by atoms with van der Waals surface area (Å²) in [6.45, 7) is 5.38. The fraction of sp³-hybridized carbons (Fsp3) is 0.385. The average Bonchev–Trinajstić information content (AvgIpc) is 2.30. The van der Waals surface area contributed by atoms with Crippen LogP contribution in [0.4, 0.5) is 10.5 Å². The summed E-state index contributed by atoms with van der Waals surface area (Å²) in [5, 5.41) is 2.69. The van der Waals surface area contributed by atoms with Crippen LogP contribution in [0.3, 0.4) is 0 Å². The highest BCUT2D eigenvalue weighted by atomic mass is 127. The molecule has 0 atom stereocenters. The largest absolute Gasteiger partial charge is 0.465 e. The van der Waals surface area contributed by atoms with E-state index in [1.165, 1.54) is 7.11 Å². The average molecular weight is 503 g/mol. The Morgan fingerprint density at radius 3 is 2.05 bits per heavy atom. The van der Waals surface area contributed by atoms with Crippen LogP contribution in [-0.4, -0.2) is 24.8 Å². The number of anilines is 1. The van der Waals surface area contributed by atoms with E-state index in [0.29, 0.717) is 11.3 Å². The lowest BCUT2D eigenvalue weighted by Crippen LogP contribution is -2.27. The summed E-state index contributed by atoms with van der Waals surface area (Å²) in [6.07, 6.45) is -0.529. The van der Waals surface area contributed by atoms with E-state index in [1.54, 1.807) is 32.9 Å². The number of halogens is 2. The number of benzene rings is 1. The Morgan fingerprint density at radius 2 is 1.65 bits per heavy atom. The molecule has 5 nitrogen and oxygen atoms in total. The van der Waals surface area contributed by atoms with Crippen molar-refractivity contribution in [1.29, 1.82) is 0 Å². The quantitative estimate of drug-likeness (QED) is 0.490. The van der Waals surface area contributed by atoms with E-state index < -0.39 is 17.7 Å². The molecule has 0 aliphatic heterocycles. The minimum Gasteiger partial charge on any atom is -0.465 e. The number of rotatable bonds is 2. The van der Waals surface area contributed by atoms with Gasteiger partial charge in [0.15, 0.2) is 0 Å². The molecule has 7 heteroatoms. The maximum Gasteiger partial charge on any atom is 0.412 e. The minimum atomic E-state index is -0.563. The molecule has 110 valence electrons. The van der Waals surface area contributed by atoms with Crippen LogP contribution in [0.15, 0.2) is 12.1 Å². The Morgan fingerprint density at radius 1 is 1.15 bits per heavy atom. The fourth-order valence-corrected chi connectivity index (χ4v) is 3.37. The molecule has 0 saturated carbocycles. The Labute approximate surface area is 145 Å².